The van der Waals surface area contributed by atoms with Crippen LogP contribution in [0.25, 0.3) is 0 Å². The van der Waals surface area contributed by atoms with Gasteiger partial charge in [-0.05, 0) is 56.6 Å². The van der Waals surface area contributed by atoms with Crippen molar-refractivity contribution in [1.82, 2.24) is 20.0 Å². The molecule has 5 nitrogen and oxygen atoms in total. The first-order valence-corrected chi connectivity index (χ1v) is 8.78. The van der Waals surface area contributed by atoms with Gasteiger partial charge < -0.3 is 10.2 Å². The molecule has 0 spiro atoms. The summed E-state index contributed by atoms with van der Waals surface area (Å²) in [6.07, 6.45) is 5.14. The lowest BCUT2D eigenvalue weighted by Crippen LogP contribution is -2.55. The number of carbonyl (C=O) groups is 1. The summed E-state index contributed by atoms with van der Waals surface area (Å²) in [5.41, 5.74) is 0.450. The number of amides is 1. The van der Waals surface area contributed by atoms with Crippen LogP contribution < -0.4 is 5.32 Å². The number of likely N-dealkylation sites (N-methyl/N-ethyl adjacent to an activating group) is 1. The second-order valence-electron chi connectivity index (χ2n) is 6.18. The molecule has 24 heavy (non-hydrogen) atoms. The van der Waals surface area contributed by atoms with E-state index in [4.69, 9.17) is 11.6 Å². The zero-order valence-corrected chi connectivity index (χ0v) is 14.7. The van der Waals surface area contributed by atoms with E-state index in [2.05, 4.69) is 10.4 Å². The molecule has 3 rings (SSSR count). The Labute approximate surface area is 147 Å². The molecule has 6 heteroatoms. The minimum absolute atomic E-state index is 0.134. The summed E-state index contributed by atoms with van der Waals surface area (Å²) in [4.78, 5) is 15.3. The van der Waals surface area contributed by atoms with Crippen LogP contribution in [0, 0.1) is 0 Å². The first-order chi connectivity index (χ1) is 11.7. The number of aromatic nitrogens is 2. The number of piperidine rings is 1. The lowest BCUT2D eigenvalue weighted by Gasteiger charge is -2.40. The summed E-state index contributed by atoms with van der Waals surface area (Å²) < 4.78 is 1.84. The lowest BCUT2D eigenvalue weighted by atomic mass is 9.86. The van der Waals surface area contributed by atoms with Crippen molar-refractivity contribution in [3.05, 3.63) is 53.3 Å². The van der Waals surface area contributed by atoms with E-state index in [1.165, 1.54) is 0 Å². The van der Waals surface area contributed by atoms with Gasteiger partial charge in [0.15, 0.2) is 0 Å². The number of hydrogen-bond donors (Lipinski definition) is 1. The van der Waals surface area contributed by atoms with Gasteiger partial charge in [-0.3, -0.25) is 9.48 Å². The maximum atomic E-state index is 13.4. The molecule has 0 unspecified atom stereocenters. The molecule has 1 aromatic carbocycles. The quantitative estimate of drug-likeness (QED) is 0.905. The number of nitrogens with one attached hydrogen (secondary N) is 1. The number of carbonyl (C=O) groups excluding carboxylic acids is 1. The van der Waals surface area contributed by atoms with E-state index in [-0.39, 0.29) is 5.91 Å². The number of rotatable bonds is 5. The molecular weight excluding hydrogens is 324 g/mol. The summed E-state index contributed by atoms with van der Waals surface area (Å²) in [5, 5.41) is 8.43. The van der Waals surface area contributed by atoms with Gasteiger partial charge in [0.1, 0.15) is 5.54 Å². The van der Waals surface area contributed by atoms with Crippen molar-refractivity contribution in [3.8, 4) is 0 Å². The molecule has 1 saturated heterocycles. The molecule has 0 saturated carbocycles. The fraction of sp³-hybridized carbons (Fsp3) is 0.444. The van der Waals surface area contributed by atoms with Gasteiger partial charge in [-0.25, -0.2) is 0 Å². The van der Waals surface area contributed by atoms with Gasteiger partial charge >= 0.3 is 0 Å². The molecule has 0 aliphatic carbocycles. The summed E-state index contributed by atoms with van der Waals surface area (Å²) in [6, 6.07) is 9.57. The monoisotopic (exact) mass is 346 g/mol. The van der Waals surface area contributed by atoms with E-state index < -0.39 is 5.54 Å². The molecule has 0 atom stereocenters. The molecule has 0 radical (unpaired) electrons. The second-order valence-corrected chi connectivity index (χ2v) is 6.62. The molecule has 1 aliphatic rings. The molecule has 1 aliphatic heterocycles. The maximum Gasteiger partial charge on any atom is 0.250 e. The number of halogens is 1. The summed E-state index contributed by atoms with van der Waals surface area (Å²) >= 11 is 6.08. The van der Waals surface area contributed by atoms with Gasteiger partial charge in [-0.15, -0.1) is 0 Å². The molecule has 1 amide bonds. The molecule has 1 N–H and O–H groups in total. The zero-order chi connectivity index (χ0) is 17.0. The van der Waals surface area contributed by atoms with Crippen molar-refractivity contribution in [1.29, 1.82) is 0 Å². The first kappa shape index (κ1) is 17.0. The number of benzene rings is 1. The van der Waals surface area contributed by atoms with Crippen LogP contribution in [0.2, 0.25) is 5.02 Å². The molecule has 128 valence electrons. The Morgan fingerprint density at radius 3 is 2.79 bits per heavy atom. The Balaban J connectivity index is 1.87. The Bertz CT molecular complexity index is 680. The third-order valence-corrected chi connectivity index (χ3v) is 4.94. The van der Waals surface area contributed by atoms with Crippen molar-refractivity contribution in [3.63, 3.8) is 0 Å². The minimum atomic E-state index is -0.594. The Morgan fingerprint density at radius 2 is 2.17 bits per heavy atom. The van der Waals surface area contributed by atoms with Crippen molar-refractivity contribution in [2.45, 2.75) is 31.8 Å². The van der Waals surface area contributed by atoms with Crippen LogP contribution in [0.1, 0.15) is 25.3 Å². The second kappa shape index (κ2) is 7.36. The van der Waals surface area contributed by atoms with Crippen LogP contribution in [0.3, 0.4) is 0 Å². The summed E-state index contributed by atoms with van der Waals surface area (Å²) in [6.45, 7) is 4.87. The maximum absolute atomic E-state index is 13.4. The predicted molar refractivity (Wildman–Crippen MR) is 94.8 cm³/mol. The normalized spacial score (nSPS) is 16.8. The molecule has 0 bridgehead atoms. The van der Waals surface area contributed by atoms with Crippen molar-refractivity contribution < 1.29 is 4.79 Å². The van der Waals surface area contributed by atoms with E-state index in [0.717, 1.165) is 31.5 Å². The highest BCUT2D eigenvalue weighted by molar-refractivity contribution is 6.30. The fourth-order valence-corrected chi connectivity index (χ4v) is 3.59. The van der Waals surface area contributed by atoms with Crippen LogP contribution in [0.15, 0.2) is 42.7 Å². The standard InChI is InChI=1S/C18H23ClN4O/c1-2-22(14-15-5-3-6-16(19)13-15)17(24)18(7-10-20-11-8-18)23-12-4-9-21-23/h3-6,9,12-13,20H,2,7-8,10-11,14H2,1H3. The Kier molecular flexibility index (Phi) is 5.21. The van der Waals surface area contributed by atoms with E-state index in [0.29, 0.717) is 18.1 Å². The zero-order valence-electron chi connectivity index (χ0n) is 13.9. The highest BCUT2D eigenvalue weighted by Gasteiger charge is 2.44. The minimum Gasteiger partial charge on any atom is -0.337 e. The van der Waals surface area contributed by atoms with Gasteiger partial charge in [0, 0.05) is 30.5 Å². The van der Waals surface area contributed by atoms with E-state index in [1.807, 2.05) is 53.0 Å². The summed E-state index contributed by atoms with van der Waals surface area (Å²) in [5.74, 6) is 0.134. The van der Waals surface area contributed by atoms with Crippen LogP contribution in [0.4, 0.5) is 0 Å². The van der Waals surface area contributed by atoms with Gasteiger partial charge in [-0.1, -0.05) is 23.7 Å². The Morgan fingerprint density at radius 1 is 1.38 bits per heavy atom. The van der Waals surface area contributed by atoms with Crippen LogP contribution >= 0.6 is 11.6 Å². The smallest absolute Gasteiger partial charge is 0.250 e. The number of nitrogens with zero attached hydrogens (tertiary/aromatic N) is 3. The largest absolute Gasteiger partial charge is 0.337 e. The lowest BCUT2D eigenvalue weighted by molar-refractivity contribution is -0.143. The third-order valence-electron chi connectivity index (χ3n) is 4.70. The highest BCUT2D eigenvalue weighted by atomic mass is 35.5. The molecule has 2 aromatic rings. The Hall–Kier alpha value is -1.85. The number of hydrogen-bond acceptors (Lipinski definition) is 3. The van der Waals surface area contributed by atoms with E-state index in [1.54, 1.807) is 6.20 Å². The summed E-state index contributed by atoms with van der Waals surface area (Å²) in [7, 11) is 0. The van der Waals surface area contributed by atoms with Gasteiger partial charge in [0.25, 0.3) is 5.91 Å². The van der Waals surface area contributed by atoms with Crippen LogP contribution in [0.5, 0.6) is 0 Å². The van der Waals surface area contributed by atoms with E-state index in [9.17, 15) is 4.79 Å². The van der Waals surface area contributed by atoms with Gasteiger partial charge in [-0.2, -0.15) is 5.10 Å². The predicted octanol–water partition coefficient (Wildman–Crippen LogP) is 2.66. The average Bonchev–Trinajstić information content (AvgIpc) is 3.15. The third kappa shape index (κ3) is 3.32. The highest BCUT2D eigenvalue weighted by Crippen LogP contribution is 2.30. The molecular formula is C18H23ClN4O. The average molecular weight is 347 g/mol. The molecule has 1 aromatic heterocycles. The first-order valence-electron chi connectivity index (χ1n) is 8.40. The topological polar surface area (TPSA) is 50.2 Å². The van der Waals surface area contributed by atoms with Crippen molar-refractivity contribution in [2.24, 2.45) is 0 Å². The van der Waals surface area contributed by atoms with E-state index >= 15 is 0 Å². The van der Waals surface area contributed by atoms with Crippen LogP contribution in [-0.2, 0) is 16.9 Å². The SMILES string of the molecule is CCN(Cc1cccc(Cl)c1)C(=O)C1(n2cccn2)CCNCC1. The van der Waals surface area contributed by atoms with Crippen molar-refractivity contribution >= 4 is 17.5 Å². The molecule has 1 fully saturated rings. The van der Waals surface area contributed by atoms with Crippen molar-refractivity contribution in [2.75, 3.05) is 19.6 Å². The van der Waals surface area contributed by atoms with Gasteiger partial charge in [0.2, 0.25) is 0 Å². The molecule has 2 heterocycles. The van der Waals surface area contributed by atoms with Gasteiger partial charge in [0.05, 0.1) is 0 Å². The fourth-order valence-electron chi connectivity index (χ4n) is 3.38. The van der Waals surface area contributed by atoms with Crippen LogP contribution in [-0.4, -0.2) is 40.2 Å².